The molecule has 0 fully saturated rings. The highest BCUT2D eigenvalue weighted by atomic mass is 16.3. The monoisotopic (exact) mass is 554 g/mol. The second kappa shape index (κ2) is 31.9. The first-order valence-electron chi connectivity index (χ1n) is 17.7. The average Bonchev–Trinajstić information content (AvgIpc) is 2.93. The molecule has 234 valence electrons. The fourth-order valence-electron chi connectivity index (χ4n) is 5.66. The van der Waals surface area contributed by atoms with Gasteiger partial charge in [-0.15, -0.1) is 0 Å². The largest absolute Gasteiger partial charge is 0.394 e. The molecule has 0 saturated heterocycles. The molecule has 0 radical (unpaired) electrons. The highest BCUT2D eigenvalue weighted by Gasteiger charge is 2.16. The van der Waals surface area contributed by atoms with Crippen molar-refractivity contribution in [1.29, 1.82) is 0 Å². The quantitative estimate of drug-likeness (QED) is 0.0726. The van der Waals surface area contributed by atoms with E-state index in [2.05, 4.69) is 19.2 Å². The van der Waals surface area contributed by atoms with Gasteiger partial charge >= 0.3 is 0 Å². The van der Waals surface area contributed by atoms with Gasteiger partial charge in [0.05, 0.1) is 12.7 Å². The van der Waals surface area contributed by atoms with Gasteiger partial charge in [0.15, 0.2) is 0 Å². The number of carbonyl (C=O) groups excluding carboxylic acids is 1. The van der Waals surface area contributed by atoms with E-state index < -0.39 is 6.10 Å². The maximum absolute atomic E-state index is 12.5. The number of hydrogen-bond acceptors (Lipinski definition) is 3. The Morgan fingerprint density at radius 2 is 0.872 bits per heavy atom. The smallest absolute Gasteiger partial charge is 0.220 e. The van der Waals surface area contributed by atoms with Gasteiger partial charge in [0, 0.05) is 12.5 Å². The minimum absolute atomic E-state index is 0.0191. The van der Waals surface area contributed by atoms with E-state index in [1.807, 2.05) is 0 Å². The van der Waals surface area contributed by atoms with Crippen LogP contribution in [-0.2, 0) is 4.79 Å². The summed E-state index contributed by atoms with van der Waals surface area (Å²) in [5.74, 6) is 0.114. The van der Waals surface area contributed by atoms with E-state index in [9.17, 15) is 15.0 Å². The lowest BCUT2D eigenvalue weighted by molar-refractivity contribution is -0.122. The van der Waals surface area contributed by atoms with Crippen LogP contribution in [0.1, 0.15) is 200 Å². The SMILES string of the molecule is CCCCCCCCCCCCCCCC(=O)NC(CCCCCCCCCCCCCCC)CC(O)CO. The zero-order valence-electron chi connectivity index (χ0n) is 26.7. The summed E-state index contributed by atoms with van der Waals surface area (Å²) >= 11 is 0. The van der Waals surface area contributed by atoms with Gasteiger partial charge in [0.25, 0.3) is 0 Å². The first-order valence-corrected chi connectivity index (χ1v) is 17.7. The van der Waals surface area contributed by atoms with E-state index >= 15 is 0 Å². The molecule has 4 heteroatoms. The summed E-state index contributed by atoms with van der Waals surface area (Å²) in [4.78, 5) is 12.5. The Hall–Kier alpha value is -0.610. The van der Waals surface area contributed by atoms with E-state index in [1.165, 1.54) is 148 Å². The molecule has 0 rings (SSSR count). The standard InChI is InChI=1S/C35H71NO3/c1-3-5-7-9-11-13-15-17-19-21-23-25-27-29-33(31-34(38)32-37)36-35(39)30-28-26-24-22-20-18-16-14-12-10-8-6-4-2/h33-34,37-38H,3-32H2,1-2H3,(H,36,39). The maximum atomic E-state index is 12.5. The second-order valence-electron chi connectivity index (χ2n) is 12.4. The number of hydrogen-bond donors (Lipinski definition) is 3. The van der Waals surface area contributed by atoms with Gasteiger partial charge in [-0.1, -0.05) is 174 Å². The van der Waals surface area contributed by atoms with Crippen molar-refractivity contribution in [3.8, 4) is 0 Å². The molecule has 0 bridgehead atoms. The van der Waals surface area contributed by atoms with E-state index in [1.54, 1.807) is 0 Å². The lowest BCUT2D eigenvalue weighted by atomic mass is 10.00. The number of rotatable bonds is 32. The molecule has 0 aliphatic heterocycles. The predicted molar refractivity (Wildman–Crippen MR) is 170 cm³/mol. The molecule has 39 heavy (non-hydrogen) atoms. The van der Waals surface area contributed by atoms with Gasteiger partial charge in [0.2, 0.25) is 5.91 Å². The lowest BCUT2D eigenvalue weighted by Crippen LogP contribution is -2.38. The normalized spacial score (nSPS) is 13.0. The van der Waals surface area contributed by atoms with Gasteiger partial charge in [-0.25, -0.2) is 0 Å². The van der Waals surface area contributed by atoms with Crippen LogP contribution < -0.4 is 5.32 Å². The van der Waals surface area contributed by atoms with Gasteiger partial charge in [-0.2, -0.15) is 0 Å². The third kappa shape index (κ3) is 30.2. The van der Waals surface area contributed by atoms with Crippen molar-refractivity contribution in [2.24, 2.45) is 0 Å². The molecule has 2 atom stereocenters. The molecule has 0 aliphatic rings. The molecule has 0 aromatic carbocycles. The Kier molecular flexibility index (Phi) is 31.4. The molecular weight excluding hydrogens is 482 g/mol. The molecule has 2 unspecified atom stereocenters. The summed E-state index contributed by atoms with van der Waals surface area (Å²) in [6.07, 6.45) is 35.5. The molecule has 3 N–H and O–H groups in total. The zero-order valence-corrected chi connectivity index (χ0v) is 26.7. The topological polar surface area (TPSA) is 69.6 Å². The summed E-state index contributed by atoms with van der Waals surface area (Å²) in [5.41, 5.74) is 0. The van der Waals surface area contributed by atoms with Crippen molar-refractivity contribution in [2.75, 3.05) is 6.61 Å². The molecule has 0 aromatic rings. The van der Waals surface area contributed by atoms with E-state index in [0.717, 1.165) is 25.7 Å². The molecule has 1 amide bonds. The summed E-state index contributed by atoms with van der Waals surface area (Å²) in [6.45, 7) is 4.31. The number of nitrogens with one attached hydrogen (secondary N) is 1. The van der Waals surface area contributed by atoms with Gasteiger partial charge in [-0.05, 0) is 19.3 Å². The summed E-state index contributed by atoms with van der Waals surface area (Å²) in [6, 6.07) is -0.0191. The molecule has 0 saturated carbocycles. The first-order chi connectivity index (χ1) is 19.1. The van der Waals surface area contributed by atoms with Crippen molar-refractivity contribution in [3.63, 3.8) is 0 Å². The Bertz CT molecular complexity index is 485. The summed E-state index contributed by atoms with van der Waals surface area (Å²) in [7, 11) is 0. The van der Waals surface area contributed by atoms with Crippen molar-refractivity contribution in [3.05, 3.63) is 0 Å². The minimum Gasteiger partial charge on any atom is -0.394 e. The van der Waals surface area contributed by atoms with E-state index in [0.29, 0.717) is 12.8 Å². The number of unbranched alkanes of at least 4 members (excludes halogenated alkanes) is 24. The molecule has 0 aromatic heterocycles. The first kappa shape index (κ1) is 38.4. The van der Waals surface area contributed by atoms with Gasteiger partial charge in [-0.3, -0.25) is 4.79 Å². The Labute approximate surface area is 244 Å². The molecule has 0 aliphatic carbocycles. The van der Waals surface area contributed by atoms with Crippen molar-refractivity contribution >= 4 is 5.91 Å². The lowest BCUT2D eigenvalue weighted by Gasteiger charge is -2.21. The van der Waals surface area contributed by atoms with Crippen molar-refractivity contribution < 1.29 is 15.0 Å². The number of carbonyl (C=O) groups is 1. The Morgan fingerprint density at radius 1 is 0.538 bits per heavy atom. The molecular formula is C35H71NO3. The number of aliphatic hydroxyl groups excluding tert-OH is 2. The van der Waals surface area contributed by atoms with Crippen molar-refractivity contribution in [2.45, 2.75) is 212 Å². The third-order valence-corrected chi connectivity index (χ3v) is 8.30. The fourth-order valence-corrected chi connectivity index (χ4v) is 5.66. The van der Waals surface area contributed by atoms with Crippen LogP contribution >= 0.6 is 0 Å². The van der Waals surface area contributed by atoms with Crippen LogP contribution in [0.15, 0.2) is 0 Å². The predicted octanol–water partition coefficient (Wildman–Crippen LogP) is 10.2. The summed E-state index contributed by atoms with van der Waals surface area (Å²) in [5, 5.41) is 22.4. The average molecular weight is 554 g/mol. The molecule has 0 heterocycles. The van der Waals surface area contributed by atoms with Crippen LogP contribution in [0.4, 0.5) is 0 Å². The zero-order chi connectivity index (χ0) is 28.7. The van der Waals surface area contributed by atoms with Crippen molar-refractivity contribution in [1.82, 2.24) is 5.32 Å². The van der Waals surface area contributed by atoms with Crippen LogP contribution in [0.5, 0.6) is 0 Å². The summed E-state index contributed by atoms with van der Waals surface area (Å²) < 4.78 is 0. The van der Waals surface area contributed by atoms with Crippen LogP contribution in [0.25, 0.3) is 0 Å². The maximum Gasteiger partial charge on any atom is 0.220 e. The van der Waals surface area contributed by atoms with Gasteiger partial charge < -0.3 is 15.5 Å². The fraction of sp³-hybridized carbons (Fsp3) is 0.971. The van der Waals surface area contributed by atoms with Crippen LogP contribution in [0, 0.1) is 0 Å². The number of amides is 1. The van der Waals surface area contributed by atoms with Crippen LogP contribution in [0.3, 0.4) is 0 Å². The van der Waals surface area contributed by atoms with E-state index in [-0.39, 0.29) is 18.6 Å². The highest BCUT2D eigenvalue weighted by molar-refractivity contribution is 5.76. The van der Waals surface area contributed by atoms with Crippen LogP contribution in [-0.4, -0.2) is 34.9 Å². The second-order valence-corrected chi connectivity index (χ2v) is 12.4. The van der Waals surface area contributed by atoms with Crippen LogP contribution in [0.2, 0.25) is 0 Å². The Balaban J connectivity index is 3.74. The highest BCUT2D eigenvalue weighted by Crippen LogP contribution is 2.16. The molecule has 4 nitrogen and oxygen atoms in total. The van der Waals surface area contributed by atoms with Gasteiger partial charge in [0.1, 0.15) is 0 Å². The minimum atomic E-state index is -0.742. The third-order valence-electron chi connectivity index (χ3n) is 8.30. The number of aliphatic hydroxyl groups is 2. The Morgan fingerprint density at radius 3 is 1.23 bits per heavy atom. The molecule has 0 spiro atoms. The van der Waals surface area contributed by atoms with E-state index in [4.69, 9.17) is 0 Å².